The molecule has 0 unspecified atom stereocenters. The molecule has 1 aromatic carbocycles. The van der Waals surface area contributed by atoms with Gasteiger partial charge in [-0.3, -0.25) is 4.79 Å². The van der Waals surface area contributed by atoms with E-state index in [1.54, 1.807) is 18.2 Å². The first kappa shape index (κ1) is 12.5. The molecule has 6 nitrogen and oxygen atoms in total. The van der Waals surface area contributed by atoms with Crippen molar-refractivity contribution < 1.29 is 13.2 Å². The highest BCUT2D eigenvalue weighted by molar-refractivity contribution is 7.92. The molecule has 0 atom stereocenters. The Bertz CT molecular complexity index is 665. The lowest BCUT2D eigenvalue weighted by molar-refractivity contribution is 0.0981. The predicted molar refractivity (Wildman–Crippen MR) is 67.6 cm³/mol. The number of nitrogens with two attached hydrogens (primary N) is 1. The summed E-state index contributed by atoms with van der Waals surface area (Å²) in [5, 5.41) is 0.127. The largest absolute Gasteiger partial charge is 0.375 e. The number of hydrogen-bond acceptors (Lipinski definition) is 6. The monoisotopic (exact) mass is 283 g/mol. The Balaban J connectivity index is 2.22. The quantitative estimate of drug-likeness (QED) is 0.869. The van der Waals surface area contributed by atoms with Gasteiger partial charge in [0, 0.05) is 5.56 Å². The number of nitrogens with one attached hydrogen (secondary N) is 1. The summed E-state index contributed by atoms with van der Waals surface area (Å²) < 4.78 is 25.5. The fraction of sp³-hybridized carbons (Fsp3) is 0. The standard InChI is InChI=1S/C10H9N3O3S2/c11-10-12-6-8(17-10)18(15,16)13-9(14)7-4-2-1-3-5-7/h1-6H,(H2,11,12)(H,13,14). The molecule has 0 radical (unpaired) electrons. The summed E-state index contributed by atoms with van der Waals surface area (Å²) in [5.41, 5.74) is 5.61. The van der Waals surface area contributed by atoms with Crippen molar-refractivity contribution in [2.45, 2.75) is 4.21 Å². The number of aromatic nitrogens is 1. The molecule has 0 aliphatic heterocycles. The Morgan fingerprint density at radius 2 is 1.94 bits per heavy atom. The zero-order valence-corrected chi connectivity index (χ0v) is 10.7. The molecule has 0 spiro atoms. The third-order valence-electron chi connectivity index (χ3n) is 2.03. The number of thiazole rings is 1. The second-order valence-electron chi connectivity index (χ2n) is 3.32. The Hall–Kier alpha value is -1.93. The molecule has 1 heterocycles. The summed E-state index contributed by atoms with van der Waals surface area (Å²) in [4.78, 5) is 15.3. The maximum atomic E-state index is 11.8. The van der Waals surface area contributed by atoms with Gasteiger partial charge >= 0.3 is 0 Å². The number of benzene rings is 1. The summed E-state index contributed by atoms with van der Waals surface area (Å²) in [6, 6.07) is 8.06. The number of carbonyl (C=O) groups is 1. The van der Waals surface area contributed by atoms with E-state index in [0.29, 0.717) is 0 Å². The minimum absolute atomic E-state index is 0.0933. The Morgan fingerprint density at radius 3 is 2.50 bits per heavy atom. The van der Waals surface area contributed by atoms with Gasteiger partial charge in [-0.05, 0) is 12.1 Å². The van der Waals surface area contributed by atoms with Gasteiger partial charge in [0.15, 0.2) is 9.34 Å². The predicted octanol–water partition coefficient (Wildman–Crippen LogP) is 0.844. The van der Waals surface area contributed by atoms with Gasteiger partial charge in [0.25, 0.3) is 15.9 Å². The first-order chi connectivity index (χ1) is 8.49. The number of anilines is 1. The van der Waals surface area contributed by atoms with Crippen LogP contribution in [0.4, 0.5) is 5.13 Å². The van der Waals surface area contributed by atoms with E-state index >= 15 is 0 Å². The first-order valence-corrected chi connectivity index (χ1v) is 7.12. The van der Waals surface area contributed by atoms with Gasteiger partial charge in [-0.15, -0.1) is 0 Å². The summed E-state index contributed by atoms with van der Waals surface area (Å²) in [5.74, 6) is -0.692. The van der Waals surface area contributed by atoms with Gasteiger partial charge in [0.2, 0.25) is 0 Å². The van der Waals surface area contributed by atoms with Gasteiger partial charge in [-0.1, -0.05) is 29.5 Å². The molecule has 0 aliphatic carbocycles. The van der Waals surface area contributed by atoms with Gasteiger partial charge in [0.05, 0.1) is 6.20 Å². The van der Waals surface area contributed by atoms with Crippen molar-refractivity contribution in [1.82, 2.24) is 9.71 Å². The molecule has 1 aromatic heterocycles. The van der Waals surface area contributed by atoms with Crippen LogP contribution in [-0.2, 0) is 10.0 Å². The van der Waals surface area contributed by atoms with Crippen LogP contribution in [0.25, 0.3) is 0 Å². The lowest BCUT2D eigenvalue weighted by atomic mass is 10.2. The number of rotatable bonds is 3. The van der Waals surface area contributed by atoms with Crippen molar-refractivity contribution in [3.63, 3.8) is 0 Å². The molecule has 0 saturated carbocycles. The average molecular weight is 283 g/mol. The van der Waals surface area contributed by atoms with Gasteiger partial charge in [-0.2, -0.15) is 0 Å². The molecule has 0 saturated heterocycles. The summed E-state index contributed by atoms with van der Waals surface area (Å²) >= 11 is 0.796. The lowest BCUT2D eigenvalue weighted by Gasteiger charge is -2.04. The molecule has 8 heteroatoms. The number of nitrogen functional groups attached to an aromatic ring is 1. The van der Waals surface area contributed by atoms with Gasteiger partial charge in [-0.25, -0.2) is 18.1 Å². The molecule has 0 bridgehead atoms. The molecule has 2 rings (SSSR count). The van der Waals surface area contributed by atoms with Crippen LogP contribution < -0.4 is 10.5 Å². The van der Waals surface area contributed by atoms with Gasteiger partial charge < -0.3 is 5.73 Å². The molecule has 3 N–H and O–H groups in total. The topological polar surface area (TPSA) is 102 Å². The number of hydrogen-bond donors (Lipinski definition) is 2. The van der Waals surface area contributed by atoms with Crippen molar-refractivity contribution in [1.29, 1.82) is 0 Å². The summed E-state index contributed by atoms with van der Waals surface area (Å²) in [7, 11) is -3.91. The highest BCUT2D eigenvalue weighted by Crippen LogP contribution is 2.19. The molecule has 94 valence electrons. The normalized spacial score (nSPS) is 11.1. The number of amides is 1. The van der Waals surface area contributed by atoms with E-state index in [9.17, 15) is 13.2 Å². The second-order valence-corrected chi connectivity index (χ2v) is 6.29. The third kappa shape index (κ3) is 2.66. The highest BCUT2D eigenvalue weighted by Gasteiger charge is 2.20. The smallest absolute Gasteiger partial charge is 0.275 e. The van der Waals surface area contributed by atoms with E-state index in [1.165, 1.54) is 12.1 Å². The third-order valence-corrected chi connectivity index (χ3v) is 4.65. The fourth-order valence-electron chi connectivity index (χ4n) is 1.22. The molecular formula is C10H9N3O3S2. The molecule has 2 aromatic rings. The van der Waals surface area contributed by atoms with E-state index in [0.717, 1.165) is 17.5 Å². The van der Waals surface area contributed by atoms with Crippen LogP contribution in [0.15, 0.2) is 40.7 Å². The van der Waals surface area contributed by atoms with Crippen LogP contribution >= 0.6 is 11.3 Å². The number of sulfonamides is 1. The minimum atomic E-state index is -3.91. The van der Waals surface area contributed by atoms with E-state index in [-0.39, 0.29) is 14.9 Å². The maximum absolute atomic E-state index is 11.8. The van der Waals surface area contributed by atoms with E-state index in [4.69, 9.17) is 5.73 Å². The average Bonchev–Trinajstić information content (AvgIpc) is 2.77. The second kappa shape index (κ2) is 4.75. The van der Waals surface area contributed by atoms with Crippen LogP contribution in [0.5, 0.6) is 0 Å². The van der Waals surface area contributed by atoms with Crippen molar-refractivity contribution in [3.05, 3.63) is 42.1 Å². The SMILES string of the molecule is Nc1ncc(S(=O)(=O)NC(=O)c2ccccc2)s1. The molecule has 18 heavy (non-hydrogen) atoms. The highest BCUT2D eigenvalue weighted by atomic mass is 32.2. The van der Waals surface area contributed by atoms with Crippen LogP contribution in [-0.4, -0.2) is 19.3 Å². The number of nitrogens with zero attached hydrogens (tertiary/aromatic N) is 1. The Kier molecular flexibility index (Phi) is 3.30. The summed E-state index contributed by atoms with van der Waals surface area (Å²) in [6.45, 7) is 0. The Morgan fingerprint density at radius 1 is 1.28 bits per heavy atom. The van der Waals surface area contributed by atoms with E-state index in [2.05, 4.69) is 4.98 Å². The first-order valence-electron chi connectivity index (χ1n) is 4.82. The zero-order chi connectivity index (χ0) is 13.2. The van der Waals surface area contributed by atoms with Crippen LogP contribution in [0.1, 0.15) is 10.4 Å². The minimum Gasteiger partial charge on any atom is -0.375 e. The maximum Gasteiger partial charge on any atom is 0.275 e. The van der Waals surface area contributed by atoms with E-state index in [1.807, 2.05) is 4.72 Å². The fourth-order valence-corrected chi connectivity index (χ4v) is 3.11. The van der Waals surface area contributed by atoms with Gasteiger partial charge in [0.1, 0.15) is 0 Å². The Labute approximate surface area is 108 Å². The van der Waals surface area contributed by atoms with Crippen molar-refractivity contribution >= 4 is 32.4 Å². The molecular weight excluding hydrogens is 274 g/mol. The van der Waals surface area contributed by atoms with Crippen LogP contribution in [0, 0.1) is 0 Å². The zero-order valence-electron chi connectivity index (χ0n) is 9.03. The molecule has 1 amide bonds. The summed E-state index contributed by atoms with van der Waals surface area (Å²) in [6.07, 6.45) is 1.11. The van der Waals surface area contributed by atoms with Crippen LogP contribution in [0.2, 0.25) is 0 Å². The van der Waals surface area contributed by atoms with Crippen molar-refractivity contribution in [2.24, 2.45) is 0 Å². The number of carbonyl (C=O) groups excluding carboxylic acids is 1. The molecule has 0 fully saturated rings. The molecule has 0 aliphatic rings. The van der Waals surface area contributed by atoms with Crippen molar-refractivity contribution in [3.8, 4) is 0 Å². The van der Waals surface area contributed by atoms with E-state index < -0.39 is 15.9 Å². The lowest BCUT2D eigenvalue weighted by Crippen LogP contribution is -2.29. The van der Waals surface area contributed by atoms with Crippen molar-refractivity contribution in [2.75, 3.05) is 5.73 Å². The van der Waals surface area contributed by atoms with Crippen LogP contribution in [0.3, 0.4) is 0 Å².